The molecule has 0 fully saturated rings. The van der Waals surface area contributed by atoms with E-state index in [9.17, 15) is 8.42 Å². The van der Waals surface area contributed by atoms with Crippen molar-refractivity contribution in [2.75, 3.05) is 13.2 Å². The Morgan fingerprint density at radius 2 is 1.95 bits per heavy atom. The zero-order chi connectivity index (χ0) is 14.5. The van der Waals surface area contributed by atoms with Gasteiger partial charge in [0.05, 0.1) is 11.5 Å². The van der Waals surface area contributed by atoms with Crippen molar-refractivity contribution >= 4 is 26.0 Å². The van der Waals surface area contributed by atoms with Gasteiger partial charge in [0.2, 0.25) is 10.0 Å². The predicted octanol–water partition coefficient (Wildman–Crippen LogP) is 2.91. The molecule has 0 aromatic heterocycles. The van der Waals surface area contributed by atoms with Gasteiger partial charge in [-0.2, -0.15) is 0 Å². The molecule has 0 spiro atoms. The van der Waals surface area contributed by atoms with Crippen LogP contribution in [-0.2, 0) is 10.0 Å². The Balaban J connectivity index is 2.72. The highest BCUT2D eigenvalue weighted by atomic mass is 79.9. The largest absolute Gasteiger partial charge is 0.493 e. The average molecular weight is 348 g/mol. The fourth-order valence-corrected chi connectivity index (χ4v) is 2.59. The Kier molecular flexibility index (Phi) is 6.03. The van der Waals surface area contributed by atoms with Crippen molar-refractivity contribution in [1.82, 2.24) is 4.72 Å². The number of ether oxygens (including phenoxy) is 1. The third-order valence-electron chi connectivity index (χ3n) is 2.17. The second-order valence-electron chi connectivity index (χ2n) is 4.52. The SMILES string of the molecule is C=C(Br)CNS(=O)(=O)c1ccc(OCC(C)C)cc1. The van der Waals surface area contributed by atoms with Crippen LogP contribution in [0.4, 0.5) is 0 Å². The standard InChI is InChI=1S/C13H18BrNO3S/c1-10(2)9-18-12-4-6-13(7-5-12)19(16,17)15-8-11(3)14/h4-7,10,15H,3,8-9H2,1-2H3. The maximum absolute atomic E-state index is 11.9. The summed E-state index contributed by atoms with van der Waals surface area (Å²) in [5.74, 6) is 1.09. The quantitative estimate of drug-likeness (QED) is 0.824. The first-order valence-corrected chi connectivity index (χ1v) is 8.14. The van der Waals surface area contributed by atoms with Crippen LogP contribution >= 0.6 is 15.9 Å². The molecule has 0 saturated heterocycles. The van der Waals surface area contributed by atoms with Gasteiger partial charge in [0.25, 0.3) is 0 Å². The summed E-state index contributed by atoms with van der Waals surface area (Å²) in [5, 5.41) is 0. The molecule has 4 nitrogen and oxygen atoms in total. The molecule has 1 aromatic carbocycles. The van der Waals surface area contributed by atoms with Gasteiger partial charge in [0, 0.05) is 11.0 Å². The summed E-state index contributed by atoms with van der Waals surface area (Å²) in [4.78, 5) is 0.207. The normalized spacial score (nSPS) is 11.6. The van der Waals surface area contributed by atoms with E-state index in [0.717, 1.165) is 0 Å². The molecule has 0 aliphatic rings. The van der Waals surface area contributed by atoms with Crippen LogP contribution in [0.15, 0.2) is 40.2 Å². The summed E-state index contributed by atoms with van der Waals surface area (Å²) < 4.78 is 32.3. The van der Waals surface area contributed by atoms with Crippen molar-refractivity contribution in [3.8, 4) is 5.75 Å². The van der Waals surface area contributed by atoms with Crippen LogP contribution in [0.3, 0.4) is 0 Å². The van der Waals surface area contributed by atoms with Crippen molar-refractivity contribution < 1.29 is 13.2 Å². The lowest BCUT2D eigenvalue weighted by Crippen LogP contribution is -2.24. The molecule has 19 heavy (non-hydrogen) atoms. The smallest absolute Gasteiger partial charge is 0.240 e. The average Bonchev–Trinajstić information content (AvgIpc) is 2.34. The van der Waals surface area contributed by atoms with Gasteiger partial charge in [-0.1, -0.05) is 36.4 Å². The number of sulfonamides is 1. The molecule has 1 rings (SSSR count). The molecule has 1 aromatic rings. The fraction of sp³-hybridized carbons (Fsp3) is 0.385. The second kappa shape index (κ2) is 7.07. The maximum atomic E-state index is 11.9. The minimum Gasteiger partial charge on any atom is -0.493 e. The number of hydrogen-bond acceptors (Lipinski definition) is 3. The van der Waals surface area contributed by atoms with E-state index in [4.69, 9.17) is 4.74 Å². The molecular formula is C13H18BrNO3S. The summed E-state index contributed by atoms with van der Waals surface area (Å²) in [6.45, 7) is 8.45. The van der Waals surface area contributed by atoms with Crippen LogP contribution in [0.5, 0.6) is 5.75 Å². The van der Waals surface area contributed by atoms with E-state index >= 15 is 0 Å². The maximum Gasteiger partial charge on any atom is 0.240 e. The van der Waals surface area contributed by atoms with E-state index in [-0.39, 0.29) is 11.4 Å². The van der Waals surface area contributed by atoms with E-state index in [0.29, 0.717) is 22.8 Å². The molecule has 0 bridgehead atoms. The summed E-state index contributed by atoms with van der Waals surface area (Å²) in [6.07, 6.45) is 0. The van der Waals surface area contributed by atoms with Crippen LogP contribution in [-0.4, -0.2) is 21.6 Å². The molecule has 0 saturated carbocycles. The Labute approximate surface area is 123 Å². The highest BCUT2D eigenvalue weighted by Crippen LogP contribution is 2.16. The Bertz CT molecular complexity index is 523. The molecule has 0 aliphatic carbocycles. The lowest BCUT2D eigenvalue weighted by atomic mass is 10.2. The first kappa shape index (κ1) is 16.2. The summed E-state index contributed by atoms with van der Waals surface area (Å²) in [5.41, 5.74) is 0. The zero-order valence-electron chi connectivity index (χ0n) is 11.0. The van der Waals surface area contributed by atoms with E-state index in [2.05, 4.69) is 41.1 Å². The van der Waals surface area contributed by atoms with Crippen LogP contribution in [0.2, 0.25) is 0 Å². The van der Waals surface area contributed by atoms with Gasteiger partial charge in [0.15, 0.2) is 0 Å². The van der Waals surface area contributed by atoms with Crippen molar-refractivity contribution in [2.45, 2.75) is 18.7 Å². The number of halogens is 1. The molecule has 6 heteroatoms. The molecule has 0 heterocycles. The minimum atomic E-state index is -3.50. The summed E-state index contributed by atoms with van der Waals surface area (Å²) in [7, 11) is -3.50. The second-order valence-corrected chi connectivity index (χ2v) is 7.41. The monoisotopic (exact) mass is 347 g/mol. The third kappa shape index (κ3) is 5.76. The Hall–Kier alpha value is -0.850. The van der Waals surface area contributed by atoms with Gasteiger partial charge in [-0.3, -0.25) is 0 Å². The van der Waals surface area contributed by atoms with E-state index in [1.165, 1.54) is 12.1 Å². The highest BCUT2D eigenvalue weighted by molar-refractivity contribution is 9.11. The minimum absolute atomic E-state index is 0.161. The number of benzene rings is 1. The van der Waals surface area contributed by atoms with Gasteiger partial charge < -0.3 is 4.74 Å². The summed E-state index contributed by atoms with van der Waals surface area (Å²) >= 11 is 3.10. The molecule has 0 atom stereocenters. The first-order valence-electron chi connectivity index (χ1n) is 5.87. The van der Waals surface area contributed by atoms with Crippen LogP contribution < -0.4 is 9.46 Å². The fourth-order valence-electron chi connectivity index (χ4n) is 1.23. The van der Waals surface area contributed by atoms with Gasteiger partial charge in [-0.15, -0.1) is 0 Å². The molecule has 0 radical (unpaired) electrons. The van der Waals surface area contributed by atoms with Crippen molar-refractivity contribution in [2.24, 2.45) is 5.92 Å². The van der Waals surface area contributed by atoms with Crippen molar-refractivity contribution in [3.05, 3.63) is 35.3 Å². The van der Waals surface area contributed by atoms with Crippen LogP contribution in [0, 0.1) is 5.92 Å². The molecule has 0 aliphatic heterocycles. The Morgan fingerprint density at radius 3 is 2.42 bits per heavy atom. The van der Waals surface area contributed by atoms with E-state index in [1.54, 1.807) is 12.1 Å². The Morgan fingerprint density at radius 1 is 1.37 bits per heavy atom. The predicted molar refractivity (Wildman–Crippen MR) is 80.0 cm³/mol. The molecule has 0 unspecified atom stereocenters. The van der Waals surface area contributed by atoms with Gasteiger partial charge >= 0.3 is 0 Å². The number of hydrogen-bond donors (Lipinski definition) is 1. The lowest BCUT2D eigenvalue weighted by molar-refractivity contribution is 0.271. The third-order valence-corrected chi connectivity index (χ3v) is 3.87. The van der Waals surface area contributed by atoms with Crippen LogP contribution in [0.1, 0.15) is 13.8 Å². The van der Waals surface area contributed by atoms with Gasteiger partial charge in [-0.25, -0.2) is 13.1 Å². The van der Waals surface area contributed by atoms with Gasteiger partial charge in [0.1, 0.15) is 5.75 Å². The van der Waals surface area contributed by atoms with E-state index in [1.807, 2.05) is 0 Å². The topological polar surface area (TPSA) is 55.4 Å². The lowest BCUT2D eigenvalue weighted by Gasteiger charge is -2.10. The van der Waals surface area contributed by atoms with Crippen molar-refractivity contribution in [1.29, 1.82) is 0 Å². The van der Waals surface area contributed by atoms with Crippen molar-refractivity contribution in [3.63, 3.8) is 0 Å². The highest BCUT2D eigenvalue weighted by Gasteiger charge is 2.13. The molecular weight excluding hydrogens is 330 g/mol. The number of nitrogens with one attached hydrogen (secondary N) is 1. The first-order chi connectivity index (χ1) is 8.81. The molecule has 0 amide bonds. The zero-order valence-corrected chi connectivity index (χ0v) is 13.4. The van der Waals surface area contributed by atoms with Crippen LogP contribution in [0.25, 0.3) is 0 Å². The molecule has 106 valence electrons. The summed E-state index contributed by atoms with van der Waals surface area (Å²) in [6, 6.07) is 6.35. The number of rotatable bonds is 7. The van der Waals surface area contributed by atoms with Gasteiger partial charge in [-0.05, 0) is 30.2 Å². The van der Waals surface area contributed by atoms with E-state index < -0.39 is 10.0 Å². The molecule has 1 N–H and O–H groups in total.